The molecular formula is C39H37F3N4O2. The fourth-order valence-electron chi connectivity index (χ4n) is 7.16. The number of nitrogens with zero attached hydrogens (tertiary/aromatic N) is 3. The highest BCUT2D eigenvalue weighted by molar-refractivity contribution is 5.94. The van der Waals surface area contributed by atoms with E-state index in [0.29, 0.717) is 6.42 Å². The number of nitrogens with one attached hydrogen (secondary N) is 1. The molecule has 1 aliphatic heterocycles. The summed E-state index contributed by atoms with van der Waals surface area (Å²) in [4.78, 5) is 22.7. The lowest BCUT2D eigenvalue weighted by molar-refractivity contribution is -0.124. The molecule has 0 unspecified atom stereocenters. The van der Waals surface area contributed by atoms with Crippen molar-refractivity contribution in [3.63, 3.8) is 0 Å². The molecule has 2 aliphatic rings. The number of hydrogen-bond donors (Lipinski definition) is 1. The van der Waals surface area contributed by atoms with E-state index in [1.165, 1.54) is 0 Å². The lowest BCUT2D eigenvalue weighted by Gasteiger charge is -2.36. The van der Waals surface area contributed by atoms with E-state index in [4.69, 9.17) is 9.72 Å². The van der Waals surface area contributed by atoms with Crippen molar-refractivity contribution in [2.75, 3.05) is 44.2 Å². The number of hydrogen-bond acceptors (Lipinski definition) is 5. The van der Waals surface area contributed by atoms with E-state index in [2.05, 4.69) is 52.3 Å². The van der Waals surface area contributed by atoms with Gasteiger partial charge in [-0.15, -0.1) is 0 Å². The third-order valence-electron chi connectivity index (χ3n) is 9.45. The number of alkyl carbamates (subject to hydrolysis) is 1. The van der Waals surface area contributed by atoms with Gasteiger partial charge in [-0.25, -0.2) is 9.78 Å². The second-order valence-electron chi connectivity index (χ2n) is 12.5. The summed E-state index contributed by atoms with van der Waals surface area (Å²) >= 11 is 0. The fraction of sp³-hybridized carbons (Fsp3) is 0.282. The molecule has 4 aromatic carbocycles. The predicted molar refractivity (Wildman–Crippen MR) is 183 cm³/mol. The molecular weight excluding hydrogens is 613 g/mol. The van der Waals surface area contributed by atoms with E-state index in [1.54, 1.807) is 0 Å². The van der Waals surface area contributed by atoms with E-state index < -0.39 is 24.4 Å². The molecule has 9 heteroatoms. The first kappa shape index (κ1) is 31.7. The van der Waals surface area contributed by atoms with Crippen LogP contribution in [-0.4, -0.2) is 61.4 Å². The number of para-hydroxylation sites is 1. The molecule has 5 aromatic rings. The summed E-state index contributed by atoms with van der Waals surface area (Å²) in [5.74, 6) is 0.979. The molecule has 48 heavy (non-hydrogen) atoms. The van der Waals surface area contributed by atoms with Gasteiger partial charge < -0.3 is 15.0 Å². The van der Waals surface area contributed by atoms with Crippen LogP contribution < -0.4 is 10.2 Å². The number of benzene rings is 4. The average Bonchev–Trinajstić information content (AvgIpc) is 3.38. The lowest BCUT2D eigenvalue weighted by Crippen LogP contribution is -2.47. The Bertz CT molecular complexity index is 1860. The Morgan fingerprint density at radius 1 is 0.750 bits per heavy atom. The normalized spacial score (nSPS) is 15.6. The summed E-state index contributed by atoms with van der Waals surface area (Å²) in [6, 6.07) is 36.3. The van der Waals surface area contributed by atoms with Crippen molar-refractivity contribution in [2.45, 2.75) is 31.0 Å². The Kier molecular flexibility index (Phi) is 8.79. The van der Waals surface area contributed by atoms with Gasteiger partial charge in [-0.3, -0.25) is 4.90 Å². The minimum atomic E-state index is -4.53. The number of carbonyl (C=O) groups is 1. The number of aromatic nitrogens is 1. The Morgan fingerprint density at radius 2 is 1.40 bits per heavy atom. The van der Waals surface area contributed by atoms with Gasteiger partial charge in [-0.2, -0.15) is 13.2 Å². The highest BCUT2D eigenvalue weighted by atomic mass is 19.4. The van der Waals surface area contributed by atoms with Gasteiger partial charge in [-0.1, -0.05) is 97.1 Å². The average molecular weight is 651 g/mol. The maximum absolute atomic E-state index is 12.9. The molecule has 0 bridgehead atoms. The van der Waals surface area contributed by atoms with E-state index in [0.717, 1.165) is 95.7 Å². The van der Waals surface area contributed by atoms with Crippen LogP contribution in [0.3, 0.4) is 0 Å². The Balaban J connectivity index is 1.00. The molecule has 2 heterocycles. The number of amides is 1. The zero-order valence-corrected chi connectivity index (χ0v) is 26.5. The first-order valence-electron chi connectivity index (χ1n) is 16.5. The van der Waals surface area contributed by atoms with Crippen LogP contribution in [0.2, 0.25) is 0 Å². The van der Waals surface area contributed by atoms with Crippen LogP contribution in [0.25, 0.3) is 33.2 Å². The Hall–Kier alpha value is -4.89. The topological polar surface area (TPSA) is 57.7 Å². The SMILES string of the molecule is O=C(NCC(F)(F)F)OC1(CCCCN2CCN(c3ccc4cccc(-c5ccccc5)c4n3)CC2)c2ccccc2-c2ccccc21. The molecule has 6 nitrogen and oxygen atoms in total. The monoisotopic (exact) mass is 650 g/mol. The maximum atomic E-state index is 12.9. The predicted octanol–water partition coefficient (Wildman–Crippen LogP) is 8.41. The molecule has 1 aliphatic carbocycles. The number of anilines is 1. The number of ether oxygens (including phenoxy) is 1. The van der Waals surface area contributed by atoms with E-state index >= 15 is 0 Å². The second kappa shape index (κ2) is 13.3. The van der Waals surface area contributed by atoms with Crippen LogP contribution in [0, 0.1) is 0 Å². The van der Waals surface area contributed by atoms with Gasteiger partial charge in [0.1, 0.15) is 12.4 Å². The van der Waals surface area contributed by atoms with Gasteiger partial charge in [0, 0.05) is 48.3 Å². The Labute approximate surface area is 278 Å². The molecule has 1 fully saturated rings. The highest BCUT2D eigenvalue weighted by Crippen LogP contribution is 2.52. The summed E-state index contributed by atoms with van der Waals surface area (Å²) in [6.07, 6.45) is -3.56. The van der Waals surface area contributed by atoms with Crippen molar-refractivity contribution in [3.05, 3.63) is 120 Å². The van der Waals surface area contributed by atoms with Crippen molar-refractivity contribution >= 4 is 22.8 Å². The minimum Gasteiger partial charge on any atom is -0.433 e. The summed E-state index contributed by atoms with van der Waals surface area (Å²) in [5.41, 5.74) is 5.60. The lowest BCUT2D eigenvalue weighted by atomic mass is 9.86. The number of rotatable bonds is 9. The number of carbonyl (C=O) groups excluding carboxylic acids is 1. The summed E-state index contributed by atoms with van der Waals surface area (Å²) in [6.45, 7) is 2.94. The van der Waals surface area contributed by atoms with Gasteiger partial charge in [0.05, 0.1) is 5.52 Å². The van der Waals surface area contributed by atoms with Crippen molar-refractivity contribution < 1.29 is 22.7 Å². The van der Waals surface area contributed by atoms with Gasteiger partial charge >= 0.3 is 12.3 Å². The molecule has 1 N–H and O–H groups in total. The smallest absolute Gasteiger partial charge is 0.408 e. The van der Waals surface area contributed by atoms with Gasteiger partial charge in [-0.05, 0) is 54.6 Å². The number of pyridine rings is 1. The molecule has 7 rings (SSSR count). The fourth-order valence-corrected chi connectivity index (χ4v) is 7.16. The van der Waals surface area contributed by atoms with Crippen LogP contribution in [0.5, 0.6) is 0 Å². The van der Waals surface area contributed by atoms with Crippen LogP contribution in [0.4, 0.5) is 23.8 Å². The largest absolute Gasteiger partial charge is 0.433 e. The van der Waals surface area contributed by atoms with E-state index in [1.807, 2.05) is 72.0 Å². The maximum Gasteiger partial charge on any atom is 0.408 e. The third-order valence-corrected chi connectivity index (χ3v) is 9.45. The van der Waals surface area contributed by atoms with Gasteiger partial charge in [0.25, 0.3) is 0 Å². The highest BCUT2D eigenvalue weighted by Gasteiger charge is 2.46. The van der Waals surface area contributed by atoms with Crippen LogP contribution in [-0.2, 0) is 10.3 Å². The van der Waals surface area contributed by atoms with Crippen molar-refractivity contribution in [1.82, 2.24) is 15.2 Å². The third kappa shape index (κ3) is 6.47. The summed E-state index contributed by atoms with van der Waals surface area (Å²) in [5, 5.41) is 3.03. The number of alkyl halides is 3. The molecule has 0 saturated carbocycles. The summed E-state index contributed by atoms with van der Waals surface area (Å²) in [7, 11) is 0. The van der Waals surface area contributed by atoms with E-state index in [-0.39, 0.29) is 0 Å². The second-order valence-corrected chi connectivity index (χ2v) is 12.5. The number of fused-ring (bicyclic) bond motifs is 4. The number of unbranched alkanes of at least 4 members (excludes halogenated alkanes) is 1. The van der Waals surface area contributed by atoms with Gasteiger partial charge in [0.15, 0.2) is 5.60 Å². The molecule has 0 atom stereocenters. The summed E-state index contributed by atoms with van der Waals surface area (Å²) < 4.78 is 44.7. The molecule has 1 amide bonds. The van der Waals surface area contributed by atoms with Crippen molar-refractivity contribution in [2.24, 2.45) is 0 Å². The zero-order valence-electron chi connectivity index (χ0n) is 26.5. The molecule has 1 aromatic heterocycles. The first-order chi connectivity index (χ1) is 23.3. The zero-order chi connectivity index (χ0) is 33.1. The van der Waals surface area contributed by atoms with Crippen molar-refractivity contribution in [3.8, 4) is 22.3 Å². The molecule has 0 radical (unpaired) electrons. The van der Waals surface area contributed by atoms with Crippen LogP contribution in [0.15, 0.2) is 109 Å². The van der Waals surface area contributed by atoms with Crippen molar-refractivity contribution in [1.29, 1.82) is 0 Å². The Morgan fingerprint density at radius 3 is 2.08 bits per heavy atom. The quantitative estimate of drug-likeness (QED) is 0.162. The minimum absolute atomic E-state index is 0.463. The number of piperazine rings is 1. The van der Waals surface area contributed by atoms with Crippen LogP contribution >= 0.6 is 0 Å². The van der Waals surface area contributed by atoms with Gasteiger partial charge in [0.2, 0.25) is 0 Å². The van der Waals surface area contributed by atoms with E-state index in [9.17, 15) is 18.0 Å². The molecule has 246 valence electrons. The standard InChI is InChI=1S/C39H37F3N4O2/c40-39(41,42)27-43-37(47)48-38(33-17-6-4-14-31(33)32-15-5-7-18-34(32)38)21-8-9-22-45-23-25-46(26-24-45)35-20-19-29-13-10-16-30(36(29)44-35)28-11-2-1-3-12-28/h1-7,10-20H,8-9,21-27H2,(H,43,47). The van der Waals surface area contributed by atoms with Crippen LogP contribution in [0.1, 0.15) is 30.4 Å². The molecule has 1 saturated heterocycles. The first-order valence-corrected chi connectivity index (χ1v) is 16.5. The molecule has 0 spiro atoms. The number of halogens is 3.